The molecular weight excluding hydrogens is 268 g/mol. The molecule has 1 aliphatic rings. The summed E-state index contributed by atoms with van der Waals surface area (Å²) in [6.07, 6.45) is 2.01. The number of hydrogen-bond acceptors (Lipinski definition) is 6. The topological polar surface area (TPSA) is 81.7 Å². The normalized spacial score (nSPS) is 18.8. The van der Waals surface area contributed by atoms with E-state index in [-0.39, 0.29) is 5.41 Å². The van der Waals surface area contributed by atoms with E-state index in [2.05, 4.69) is 46.4 Å². The highest BCUT2D eigenvalue weighted by atomic mass is 16.4. The van der Waals surface area contributed by atoms with Crippen molar-refractivity contribution >= 4 is 0 Å². The summed E-state index contributed by atoms with van der Waals surface area (Å²) in [5.41, 5.74) is -0.108. The van der Waals surface area contributed by atoms with Crippen LogP contribution in [0.5, 0.6) is 0 Å². The van der Waals surface area contributed by atoms with Crippen LogP contribution in [0.15, 0.2) is 4.42 Å². The van der Waals surface area contributed by atoms with E-state index >= 15 is 0 Å². The molecule has 0 radical (unpaired) electrons. The zero-order chi connectivity index (χ0) is 15.0. The van der Waals surface area contributed by atoms with Gasteiger partial charge in [0.25, 0.3) is 0 Å². The quantitative estimate of drug-likeness (QED) is 0.919. The Balaban J connectivity index is 1.58. The van der Waals surface area contributed by atoms with Crippen LogP contribution >= 0.6 is 0 Å². The number of aryl methyl sites for hydroxylation is 2. The van der Waals surface area contributed by atoms with Gasteiger partial charge in [-0.2, -0.15) is 5.10 Å². The second-order valence-corrected chi connectivity index (χ2v) is 6.62. The lowest BCUT2D eigenvalue weighted by Crippen LogP contribution is -2.37. The van der Waals surface area contributed by atoms with E-state index in [9.17, 15) is 0 Å². The van der Waals surface area contributed by atoms with Gasteiger partial charge in [0, 0.05) is 17.9 Å². The van der Waals surface area contributed by atoms with Gasteiger partial charge in [-0.15, -0.1) is 10.2 Å². The summed E-state index contributed by atoms with van der Waals surface area (Å²) in [7, 11) is 0. The molecule has 114 valence electrons. The van der Waals surface area contributed by atoms with Crippen LogP contribution in [-0.4, -0.2) is 31.0 Å². The van der Waals surface area contributed by atoms with Gasteiger partial charge < -0.3 is 9.73 Å². The van der Waals surface area contributed by atoms with Gasteiger partial charge in [-0.25, -0.2) is 9.67 Å². The summed E-state index contributed by atoms with van der Waals surface area (Å²) >= 11 is 0. The van der Waals surface area contributed by atoms with E-state index in [1.165, 1.54) is 0 Å². The van der Waals surface area contributed by atoms with Gasteiger partial charge in [-0.1, -0.05) is 20.8 Å². The van der Waals surface area contributed by atoms with Gasteiger partial charge in [0.15, 0.2) is 0 Å². The maximum absolute atomic E-state index is 5.69. The third-order valence-electron chi connectivity index (χ3n) is 3.61. The van der Waals surface area contributed by atoms with Crippen LogP contribution in [0.25, 0.3) is 0 Å². The lowest BCUT2D eigenvalue weighted by Gasteiger charge is -2.22. The molecule has 0 aromatic carbocycles. The summed E-state index contributed by atoms with van der Waals surface area (Å²) in [6.45, 7) is 9.56. The number of fused-ring (bicyclic) bond motifs is 1. The summed E-state index contributed by atoms with van der Waals surface area (Å²) in [5, 5.41) is 16.1. The third-order valence-corrected chi connectivity index (χ3v) is 3.61. The molecule has 2 aromatic rings. The Labute approximate surface area is 124 Å². The standard InChI is InChI=1S/C14H22N6O/c1-9-16-11-6-5-10(8-20(11)19-9)15-7-12-17-18-13(21-12)14(2,3)4/h10,15H,5-8H2,1-4H3/t10-/m1/s1. The summed E-state index contributed by atoms with van der Waals surface area (Å²) in [5.74, 6) is 3.24. The minimum absolute atomic E-state index is 0.108. The van der Waals surface area contributed by atoms with Crippen LogP contribution < -0.4 is 5.32 Å². The first-order valence-electron chi connectivity index (χ1n) is 7.38. The summed E-state index contributed by atoms with van der Waals surface area (Å²) in [6, 6.07) is 0.364. The molecule has 0 saturated heterocycles. The first-order chi connectivity index (χ1) is 9.91. The van der Waals surface area contributed by atoms with Crippen molar-refractivity contribution in [3.63, 3.8) is 0 Å². The Kier molecular flexibility index (Phi) is 3.52. The fourth-order valence-corrected chi connectivity index (χ4v) is 2.46. The van der Waals surface area contributed by atoms with Crippen LogP contribution in [0.1, 0.15) is 50.6 Å². The van der Waals surface area contributed by atoms with Crippen molar-refractivity contribution in [2.24, 2.45) is 0 Å². The molecule has 2 aromatic heterocycles. The highest BCUT2D eigenvalue weighted by Gasteiger charge is 2.23. The first kappa shape index (κ1) is 14.2. The molecule has 1 atom stereocenters. The zero-order valence-electron chi connectivity index (χ0n) is 13.1. The summed E-state index contributed by atoms with van der Waals surface area (Å²) < 4.78 is 7.68. The molecule has 0 fully saturated rings. The Morgan fingerprint density at radius 3 is 2.86 bits per heavy atom. The van der Waals surface area contributed by atoms with Gasteiger partial charge in [0.05, 0.1) is 13.1 Å². The number of hydrogen-bond donors (Lipinski definition) is 1. The molecular formula is C14H22N6O. The minimum atomic E-state index is -0.108. The molecule has 1 aliphatic heterocycles. The zero-order valence-corrected chi connectivity index (χ0v) is 13.1. The van der Waals surface area contributed by atoms with Crippen molar-refractivity contribution in [1.82, 2.24) is 30.3 Å². The predicted octanol–water partition coefficient (Wildman–Crippen LogP) is 1.37. The largest absolute Gasteiger partial charge is 0.423 e. The van der Waals surface area contributed by atoms with E-state index in [0.717, 1.165) is 31.0 Å². The minimum Gasteiger partial charge on any atom is -0.423 e. The molecule has 3 rings (SSSR count). The predicted molar refractivity (Wildman–Crippen MR) is 76.7 cm³/mol. The Hall–Kier alpha value is -1.76. The molecule has 7 heteroatoms. The monoisotopic (exact) mass is 290 g/mol. The number of nitrogens with zero attached hydrogens (tertiary/aromatic N) is 5. The molecule has 0 spiro atoms. The van der Waals surface area contributed by atoms with Crippen molar-refractivity contribution in [1.29, 1.82) is 0 Å². The average molecular weight is 290 g/mol. The van der Waals surface area contributed by atoms with Gasteiger partial charge in [-0.3, -0.25) is 0 Å². The Bertz CT molecular complexity index is 624. The molecule has 0 aliphatic carbocycles. The van der Waals surface area contributed by atoms with E-state index in [0.29, 0.717) is 24.4 Å². The number of nitrogens with one attached hydrogen (secondary N) is 1. The van der Waals surface area contributed by atoms with Crippen LogP contribution in [0.2, 0.25) is 0 Å². The van der Waals surface area contributed by atoms with Crippen molar-refractivity contribution < 1.29 is 4.42 Å². The molecule has 0 saturated carbocycles. The molecule has 0 amide bonds. The first-order valence-corrected chi connectivity index (χ1v) is 7.38. The van der Waals surface area contributed by atoms with E-state index < -0.39 is 0 Å². The maximum atomic E-state index is 5.69. The van der Waals surface area contributed by atoms with Crippen LogP contribution in [0, 0.1) is 6.92 Å². The van der Waals surface area contributed by atoms with Crippen molar-refractivity contribution in [3.05, 3.63) is 23.4 Å². The molecule has 7 nitrogen and oxygen atoms in total. The van der Waals surface area contributed by atoms with E-state index in [4.69, 9.17) is 4.42 Å². The fourth-order valence-electron chi connectivity index (χ4n) is 2.46. The van der Waals surface area contributed by atoms with Crippen molar-refractivity contribution in [2.45, 2.75) is 65.1 Å². The second kappa shape index (κ2) is 5.22. The lowest BCUT2D eigenvalue weighted by atomic mass is 9.97. The lowest BCUT2D eigenvalue weighted by molar-refractivity contribution is 0.325. The fraction of sp³-hybridized carbons (Fsp3) is 0.714. The van der Waals surface area contributed by atoms with E-state index in [1.54, 1.807) is 0 Å². The van der Waals surface area contributed by atoms with Gasteiger partial charge in [0.1, 0.15) is 11.6 Å². The third kappa shape index (κ3) is 3.12. The van der Waals surface area contributed by atoms with Crippen LogP contribution in [0.4, 0.5) is 0 Å². The Morgan fingerprint density at radius 1 is 1.33 bits per heavy atom. The maximum Gasteiger partial charge on any atom is 0.230 e. The van der Waals surface area contributed by atoms with Gasteiger partial charge >= 0.3 is 0 Å². The van der Waals surface area contributed by atoms with Crippen LogP contribution in [-0.2, 0) is 24.9 Å². The average Bonchev–Trinajstić information content (AvgIpc) is 3.00. The molecule has 21 heavy (non-hydrogen) atoms. The molecule has 3 heterocycles. The van der Waals surface area contributed by atoms with E-state index in [1.807, 2.05) is 11.6 Å². The van der Waals surface area contributed by atoms with Crippen molar-refractivity contribution in [2.75, 3.05) is 0 Å². The number of aromatic nitrogens is 5. The highest BCUT2D eigenvalue weighted by Crippen LogP contribution is 2.20. The molecule has 1 N–H and O–H groups in total. The molecule has 0 unspecified atom stereocenters. The number of rotatable bonds is 3. The van der Waals surface area contributed by atoms with Gasteiger partial charge in [0.2, 0.25) is 11.8 Å². The Morgan fingerprint density at radius 2 is 2.14 bits per heavy atom. The summed E-state index contributed by atoms with van der Waals surface area (Å²) in [4.78, 5) is 4.42. The van der Waals surface area contributed by atoms with Crippen molar-refractivity contribution in [3.8, 4) is 0 Å². The van der Waals surface area contributed by atoms with Crippen LogP contribution in [0.3, 0.4) is 0 Å². The van der Waals surface area contributed by atoms with Gasteiger partial charge in [-0.05, 0) is 13.3 Å². The highest BCUT2D eigenvalue weighted by molar-refractivity contribution is 4.98. The SMILES string of the molecule is Cc1nc2n(n1)C[C@H](NCc1nnc(C(C)(C)C)o1)CC2. The molecule has 0 bridgehead atoms. The smallest absolute Gasteiger partial charge is 0.230 e. The second-order valence-electron chi connectivity index (χ2n) is 6.62.